The number of amides is 2. The molecule has 150 valence electrons. The van der Waals surface area contributed by atoms with Gasteiger partial charge >= 0.3 is 0 Å². The van der Waals surface area contributed by atoms with Crippen LogP contribution in [0.15, 0.2) is 34.7 Å². The molecule has 8 heteroatoms. The Morgan fingerprint density at radius 3 is 2.64 bits per heavy atom. The molecule has 8 nitrogen and oxygen atoms in total. The first-order valence-electron chi connectivity index (χ1n) is 9.52. The van der Waals surface area contributed by atoms with Crippen LogP contribution in [-0.4, -0.2) is 64.5 Å². The first-order chi connectivity index (χ1) is 13.4. The number of hydrogen-bond donors (Lipinski definition) is 1. The van der Waals surface area contributed by atoms with Crippen molar-refractivity contribution in [3.8, 4) is 11.5 Å². The summed E-state index contributed by atoms with van der Waals surface area (Å²) >= 11 is 0. The van der Waals surface area contributed by atoms with Gasteiger partial charge in [-0.25, -0.2) is 0 Å². The molecule has 1 fully saturated rings. The van der Waals surface area contributed by atoms with Gasteiger partial charge in [-0.1, -0.05) is 18.2 Å². The summed E-state index contributed by atoms with van der Waals surface area (Å²) in [5, 5.41) is 11.0. The van der Waals surface area contributed by atoms with Crippen molar-refractivity contribution in [2.24, 2.45) is 0 Å². The lowest BCUT2D eigenvalue weighted by molar-refractivity contribution is -0.131. The van der Waals surface area contributed by atoms with Crippen LogP contribution in [0, 0.1) is 0 Å². The fraction of sp³-hybridized carbons (Fsp3) is 0.500. The molecule has 0 aliphatic carbocycles. The minimum absolute atomic E-state index is 0.0258. The number of benzene rings is 1. The van der Waals surface area contributed by atoms with E-state index < -0.39 is 0 Å². The lowest BCUT2D eigenvalue weighted by Gasteiger charge is -2.26. The smallest absolute Gasteiger partial charge is 0.247 e. The third-order valence-corrected chi connectivity index (χ3v) is 5.27. The van der Waals surface area contributed by atoms with Gasteiger partial charge in [-0.2, -0.15) is 0 Å². The Labute approximate surface area is 164 Å². The molecule has 1 N–H and O–H groups in total. The predicted octanol–water partition coefficient (Wildman–Crippen LogP) is 1.68. The first-order valence-corrected chi connectivity index (χ1v) is 9.52. The van der Waals surface area contributed by atoms with E-state index >= 15 is 0 Å². The highest BCUT2D eigenvalue weighted by Crippen LogP contribution is 2.25. The van der Waals surface area contributed by atoms with Gasteiger partial charge in [0.05, 0.1) is 6.54 Å². The maximum Gasteiger partial charge on any atom is 0.247 e. The molecule has 2 heterocycles. The van der Waals surface area contributed by atoms with Crippen molar-refractivity contribution in [2.45, 2.75) is 44.8 Å². The van der Waals surface area contributed by atoms with Crippen molar-refractivity contribution in [1.82, 2.24) is 25.3 Å². The standard InChI is InChI=1S/C20H27N5O3/c1-14(26)21-12-17-10-9-16(25(17)3)11-19(27)24(2)13-18-22-23-20(28-18)15-7-5-4-6-8-15/h4-8,16-17H,9-13H2,1-3H3,(H,21,26)/t16-,17+/m0/s1. The Bertz CT molecular complexity index is 807. The molecular weight excluding hydrogens is 358 g/mol. The third-order valence-electron chi connectivity index (χ3n) is 5.27. The zero-order valence-electron chi connectivity index (χ0n) is 16.6. The highest BCUT2D eigenvalue weighted by atomic mass is 16.4. The number of likely N-dealkylation sites (N-methyl/N-ethyl adjacent to an activating group) is 1. The number of likely N-dealkylation sites (tertiary alicyclic amines) is 1. The average molecular weight is 385 g/mol. The van der Waals surface area contributed by atoms with Crippen LogP contribution in [0.25, 0.3) is 11.5 Å². The summed E-state index contributed by atoms with van der Waals surface area (Å²) in [6, 6.07) is 10.00. The van der Waals surface area contributed by atoms with Gasteiger partial charge in [-0.3, -0.25) is 14.5 Å². The summed E-state index contributed by atoms with van der Waals surface area (Å²) in [6.45, 7) is 2.42. The molecule has 0 saturated carbocycles. The molecule has 1 saturated heterocycles. The van der Waals surface area contributed by atoms with Gasteiger partial charge in [0, 0.05) is 44.6 Å². The van der Waals surface area contributed by atoms with E-state index in [1.54, 1.807) is 11.9 Å². The number of hydrogen-bond acceptors (Lipinski definition) is 6. The fourth-order valence-electron chi connectivity index (χ4n) is 3.51. The first kappa shape index (κ1) is 20.0. The number of rotatable bonds is 7. The van der Waals surface area contributed by atoms with E-state index in [-0.39, 0.29) is 30.4 Å². The Hall–Kier alpha value is -2.74. The molecule has 3 rings (SSSR count). The van der Waals surface area contributed by atoms with Gasteiger partial charge in [0.2, 0.25) is 23.6 Å². The van der Waals surface area contributed by atoms with E-state index in [0.29, 0.717) is 24.7 Å². The van der Waals surface area contributed by atoms with Crippen molar-refractivity contribution in [3.05, 3.63) is 36.2 Å². The van der Waals surface area contributed by atoms with E-state index in [0.717, 1.165) is 18.4 Å². The molecule has 1 aromatic heterocycles. The van der Waals surface area contributed by atoms with E-state index in [4.69, 9.17) is 4.42 Å². The Morgan fingerprint density at radius 1 is 1.21 bits per heavy atom. The van der Waals surface area contributed by atoms with Crippen molar-refractivity contribution >= 4 is 11.8 Å². The van der Waals surface area contributed by atoms with Gasteiger partial charge in [-0.05, 0) is 32.0 Å². The minimum Gasteiger partial charge on any atom is -0.419 e. The van der Waals surface area contributed by atoms with Crippen LogP contribution in [0.3, 0.4) is 0 Å². The summed E-state index contributed by atoms with van der Waals surface area (Å²) in [5.41, 5.74) is 0.855. The molecule has 1 aliphatic heterocycles. The Balaban J connectivity index is 1.51. The molecule has 2 atom stereocenters. The van der Waals surface area contributed by atoms with Crippen molar-refractivity contribution < 1.29 is 14.0 Å². The second kappa shape index (κ2) is 8.97. The van der Waals surface area contributed by atoms with Crippen molar-refractivity contribution in [2.75, 3.05) is 20.6 Å². The summed E-state index contributed by atoms with van der Waals surface area (Å²) in [5.74, 6) is 0.879. The fourth-order valence-corrected chi connectivity index (χ4v) is 3.51. The van der Waals surface area contributed by atoms with Crippen LogP contribution in [0.1, 0.15) is 32.1 Å². The van der Waals surface area contributed by atoms with E-state index in [1.165, 1.54) is 6.92 Å². The molecule has 1 aromatic carbocycles. The lowest BCUT2D eigenvalue weighted by atomic mass is 10.1. The highest BCUT2D eigenvalue weighted by molar-refractivity contribution is 5.76. The van der Waals surface area contributed by atoms with Crippen LogP contribution < -0.4 is 5.32 Å². The topological polar surface area (TPSA) is 91.6 Å². The van der Waals surface area contributed by atoms with Crippen molar-refractivity contribution in [1.29, 1.82) is 0 Å². The number of nitrogens with one attached hydrogen (secondary N) is 1. The second-order valence-corrected chi connectivity index (χ2v) is 7.31. The monoisotopic (exact) mass is 385 g/mol. The molecular formula is C20H27N5O3. The summed E-state index contributed by atoms with van der Waals surface area (Å²) in [4.78, 5) is 27.6. The number of nitrogens with zero attached hydrogens (tertiary/aromatic N) is 4. The van der Waals surface area contributed by atoms with Gasteiger partial charge in [0.1, 0.15) is 0 Å². The SMILES string of the molecule is CC(=O)NC[C@H]1CC[C@@H](CC(=O)N(C)Cc2nnc(-c3ccccc3)o2)N1C. The zero-order valence-corrected chi connectivity index (χ0v) is 16.6. The van der Waals surface area contributed by atoms with E-state index in [1.807, 2.05) is 37.4 Å². The van der Waals surface area contributed by atoms with Gasteiger partial charge in [-0.15, -0.1) is 10.2 Å². The summed E-state index contributed by atoms with van der Waals surface area (Å²) in [7, 11) is 3.76. The molecule has 0 spiro atoms. The van der Waals surface area contributed by atoms with Crippen molar-refractivity contribution in [3.63, 3.8) is 0 Å². The third kappa shape index (κ3) is 4.95. The van der Waals surface area contributed by atoms with Crippen LogP contribution >= 0.6 is 0 Å². The average Bonchev–Trinajstić information content (AvgIpc) is 3.28. The quantitative estimate of drug-likeness (QED) is 0.780. The van der Waals surface area contributed by atoms with Gasteiger partial charge in [0.15, 0.2) is 0 Å². The largest absolute Gasteiger partial charge is 0.419 e. The maximum atomic E-state index is 12.6. The maximum absolute atomic E-state index is 12.6. The summed E-state index contributed by atoms with van der Waals surface area (Å²) < 4.78 is 5.69. The zero-order chi connectivity index (χ0) is 20.1. The minimum atomic E-state index is -0.0258. The molecule has 28 heavy (non-hydrogen) atoms. The molecule has 0 radical (unpaired) electrons. The molecule has 2 aromatic rings. The molecule has 0 unspecified atom stereocenters. The molecule has 0 bridgehead atoms. The highest BCUT2D eigenvalue weighted by Gasteiger charge is 2.32. The molecule has 1 aliphatic rings. The second-order valence-electron chi connectivity index (χ2n) is 7.31. The van der Waals surface area contributed by atoms with Crippen LogP contribution in [0.2, 0.25) is 0 Å². The van der Waals surface area contributed by atoms with E-state index in [2.05, 4.69) is 20.4 Å². The molecule has 2 amide bonds. The number of carbonyl (C=O) groups is 2. The number of aromatic nitrogens is 2. The summed E-state index contributed by atoms with van der Waals surface area (Å²) in [6.07, 6.45) is 2.35. The van der Waals surface area contributed by atoms with Gasteiger partial charge in [0.25, 0.3) is 0 Å². The lowest BCUT2D eigenvalue weighted by Crippen LogP contribution is -2.42. The van der Waals surface area contributed by atoms with Gasteiger partial charge < -0.3 is 14.6 Å². The van der Waals surface area contributed by atoms with Crippen LogP contribution in [-0.2, 0) is 16.1 Å². The van der Waals surface area contributed by atoms with E-state index in [9.17, 15) is 9.59 Å². The predicted molar refractivity (Wildman–Crippen MR) is 104 cm³/mol. The number of carbonyl (C=O) groups excluding carboxylic acids is 2. The van der Waals surface area contributed by atoms with Crippen LogP contribution in [0.5, 0.6) is 0 Å². The Kier molecular flexibility index (Phi) is 6.41. The Morgan fingerprint density at radius 2 is 1.93 bits per heavy atom. The normalized spacial score (nSPS) is 19.5. The van der Waals surface area contributed by atoms with Crippen LogP contribution in [0.4, 0.5) is 0 Å².